The lowest BCUT2D eigenvalue weighted by atomic mass is 9.68. The van der Waals surface area contributed by atoms with Crippen molar-refractivity contribution in [1.29, 1.82) is 0 Å². The van der Waals surface area contributed by atoms with E-state index >= 15 is 0 Å². The van der Waals surface area contributed by atoms with Crippen molar-refractivity contribution in [1.82, 2.24) is 0 Å². The highest BCUT2D eigenvalue weighted by molar-refractivity contribution is 9.10. The summed E-state index contributed by atoms with van der Waals surface area (Å²) in [5.41, 5.74) is 8.46. The average molecular weight is 314 g/mol. The minimum Gasteiger partial charge on any atom is -0.330 e. The molecule has 18 heavy (non-hydrogen) atoms. The van der Waals surface area contributed by atoms with Crippen LogP contribution in [0.3, 0.4) is 0 Å². The monoisotopic (exact) mass is 313 g/mol. The fourth-order valence-electron chi connectivity index (χ4n) is 3.26. The summed E-state index contributed by atoms with van der Waals surface area (Å²) in [7, 11) is 0. The van der Waals surface area contributed by atoms with Gasteiger partial charge in [0, 0.05) is 16.4 Å². The maximum atomic E-state index is 14.6. The molecule has 0 spiro atoms. The van der Waals surface area contributed by atoms with Crippen LogP contribution in [0, 0.1) is 19.7 Å². The molecule has 0 heterocycles. The van der Waals surface area contributed by atoms with Gasteiger partial charge in [0.05, 0.1) is 0 Å². The van der Waals surface area contributed by atoms with Crippen molar-refractivity contribution in [3.63, 3.8) is 0 Å². The molecule has 3 heteroatoms. The number of nitrogens with two attached hydrogens (primary N) is 1. The third kappa shape index (κ3) is 2.23. The highest BCUT2D eigenvalue weighted by atomic mass is 79.9. The van der Waals surface area contributed by atoms with Gasteiger partial charge in [-0.2, -0.15) is 0 Å². The number of aryl methyl sites for hydroxylation is 1. The molecule has 1 aromatic rings. The molecule has 0 atom stereocenters. The normalized spacial score (nSPS) is 18.9. The van der Waals surface area contributed by atoms with Crippen LogP contribution in [-0.4, -0.2) is 6.54 Å². The molecule has 0 aromatic heterocycles. The molecule has 0 saturated heterocycles. The van der Waals surface area contributed by atoms with Crippen LogP contribution in [0.1, 0.15) is 48.8 Å². The zero-order valence-corrected chi connectivity index (χ0v) is 12.7. The Kier molecular flexibility index (Phi) is 4.12. The molecule has 1 aromatic carbocycles. The fraction of sp³-hybridized carbons (Fsp3) is 0.600. The molecule has 1 aliphatic rings. The third-order valence-electron chi connectivity index (χ3n) is 4.37. The Balaban J connectivity index is 2.61. The van der Waals surface area contributed by atoms with E-state index in [2.05, 4.69) is 15.9 Å². The van der Waals surface area contributed by atoms with Gasteiger partial charge in [-0.15, -0.1) is 0 Å². The summed E-state index contributed by atoms with van der Waals surface area (Å²) in [5, 5.41) is 0. The molecule has 1 saturated carbocycles. The standard InChI is InChI=1S/C15H21BrFN/c1-10-8-12(16)11(2)13(14(10)17)15(9-18)6-4-3-5-7-15/h8H,3-7,9,18H2,1-2H3. The van der Waals surface area contributed by atoms with E-state index in [9.17, 15) is 4.39 Å². The maximum Gasteiger partial charge on any atom is 0.130 e. The topological polar surface area (TPSA) is 26.0 Å². The van der Waals surface area contributed by atoms with Crippen LogP contribution >= 0.6 is 15.9 Å². The van der Waals surface area contributed by atoms with Crippen molar-refractivity contribution in [2.75, 3.05) is 6.54 Å². The number of halogens is 2. The van der Waals surface area contributed by atoms with Gasteiger partial charge in [-0.1, -0.05) is 35.2 Å². The maximum absolute atomic E-state index is 14.6. The second-order valence-electron chi connectivity index (χ2n) is 5.53. The zero-order valence-electron chi connectivity index (χ0n) is 11.2. The van der Waals surface area contributed by atoms with Gasteiger partial charge in [0.2, 0.25) is 0 Å². The Labute approximate surface area is 117 Å². The first-order valence-corrected chi connectivity index (χ1v) is 7.47. The Hall–Kier alpha value is -0.410. The minimum absolute atomic E-state index is 0.0527. The lowest BCUT2D eigenvalue weighted by molar-refractivity contribution is 0.289. The molecule has 0 radical (unpaired) electrons. The van der Waals surface area contributed by atoms with Crippen LogP contribution in [-0.2, 0) is 5.41 Å². The van der Waals surface area contributed by atoms with E-state index < -0.39 is 0 Å². The predicted octanol–water partition coefficient (Wildman–Crippen LogP) is 4.37. The van der Waals surface area contributed by atoms with E-state index in [1.807, 2.05) is 19.9 Å². The molecule has 0 aliphatic heterocycles. The summed E-state index contributed by atoms with van der Waals surface area (Å²) in [6, 6.07) is 1.86. The van der Waals surface area contributed by atoms with Crippen molar-refractivity contribution in [3.8, 4) is 0 Å². The summed E-state index contributed by atoms with van der Waals surface area (Å²) >= 11 is 3.54. The Morgan fingerprint density at radius 1 is 1.28 bits per heavy atom. The van der Waals surface area contributed by atoms with Gasteiger partial charge in [-0.05, 0) is 49.4 Å². The van der Waals surface area contributed by atoms with Gasteiger partial charge >= 0.3 is 0 Å². The van der Waals surface area contributed by atoms with E-state index in [1.165, 1.54) is 6.42 Å². The quantitative estimate of drug-likeness (QED) is 0.862. The first kappa shape index (κ1) is 14.0. The SMILES string of the molecule is Cc1cc(Br)c(C)c(C2(CN)CCCCC2)c1F. The van der Waals surface area contributed by atoms with Gasteiger partial charge in [0.15, 0.2) is 0 Å². The largest absolute Gasteiger partial charge is 0.330 e. The summed E-state index contributed by atoms with van der Waals surface area (Å²) < 4.78 is 15.6. The van der Waals surface area contributed by atoms with Crippen LogP contribution in [0.15, 0.2) is 10.5 Å². The van der Waals surface area contributed by atoms with Crippen LogP contribution in [0.5, 0.6) is 0 Å². The Morgan fingerprint density at radius 2 is 1.89 bits per heavy atom. The fourth-order valence-corrected chi connectivity index (χ4v) is 3.80. The predicted molar refractivity (Wildman–Crippen MR) is 77.4 cm³/mol. The molecule has 1 fully saturated rings. The average Bonchev–Trinajstić information content (AvgIpc) is 2.38. The van der Waals surface area contributed by atoms with Gasteiger partial charge in [-0.3, -0.25) is 0 Å². The number of benzene rings is 1. The number of hydrogen-bond donors (Lipinski definition) is 1. The second kappa shape index (κ2) is 5.30. The first-order valence-electron chi connectivity index (χ1n) is 6.67. The number of rotatable bonds is 2. The van der Waals surface area contributed by atoms with Crippen molar-refractivity contribution >= 4 is 15.9 Å². The molecule has 2 rings (SSSR count). The summed E-state index contributed by atoms with van der Waals surface area (Å²) in [4.78, 5) is 0. The van der Waals surface area contributed by atoms with E-state index in [0.29, 0.717) is 12.1 Å². The van der Waals surface area contributed by atoms with Gasteiger partial charge in [-0.25, -0.2) is 4.39 Å². The van der Waals surface area contributed by atoms with E-state index in [0.717, 1.165) is 41.3 Å². The Morgan fingerprint density at radius 3 is 2.44 bits per heavy atom. The Bertz CT molecular complexity index is 424. The first-order chi connectivity index (χ1) is 8.52. The summed E-state index contributed by atoms with van der Waals surface area (Å²) in [6.45, 7) is 4.37. The van der Waals surface area contributed by atoms with Crippen LogP contribution in [0.2, 0.25) is 0 Å². The smallest absolute Gasteiger partial charge is 0.130 e. The second-order valence-corrected chi connectivity index (χ2v) is 6.39. The molecule has 1 aliphatic carbocycles. The van der Waals surface area contributed by atoms with Crippen LogP contribution < -0.4 is 5.73 Å². The molecule has 0 unspecified atom stereocenters. The van der Waals surface area contributed by atoms with Crippen molar-refractivity contribution in [3.05, 3.63) is 33.0 Å². The molecular weight excluding hydrogens is 293 g/mol. The molecule has 2 N–H and O–H groups in total. The minimum atomic E-state index is -0.152. The van der Waals surface area contributed by atoms with Crippen LogP contribution in [0.4, 0.5) is 4.39 Å². The highest BCUT2D eigenvalue weighted by Gasteiger charge is 2.37. The van der Waals surface area contributed by atoms with Gasteiger partial charge in [0.1, 0.15) is 5.82 Å². The third-order valence-corrected chi connectivity index (χ3v) is 5.20. The number of hydrogen-bond acceptors (Lipinski definition) is 1. The van der Waals surface area contributed by atoms with E-state index in [4.69, 9.17) is 5.73 Å². The van der Waals surface area contributed by atoms with Gasteiger partial charge in [0.25, 0.3) is 0 Å². The van der Waals surface area contributed by atoms with Crippen molar-refractivity contribution < 1.29 is 4.39 Å². The summed E-state index contributed by atoms with van der Waals surface area (Å²) in [6.07, 6.45) is 5.58. The molecule has 100 valence electrons. The summed E-state index contributed by atoms with van der Waals surface area (Å²) in [5.74, 6) is -0.0527. The van der Waals surface area contributed by atoms with Crippen molar-refractivity contribution in [2.24, 2.45) is 5.73 Å². The van der Waals surface area contributed by atoms with Crippen LogP contribution in [0.25, 0.3) is 0 Å². The lowest BCUT2D eigenvalue weighted by Crippen LogP contribution is -2.39. The zero-order chi connectivity index (χ0) is 13.3. The highest BCUT2D eigenvalue weighted by Crippen LogP contribution is 2.43. The van der Waals surface area contributed by atoms with E-state index in [-0.39, 0.29) is 11.2 Å². The van der Waals surface area contributed by atoms with Gasteiger partial charge < -0.3 is 5.73 Å². The lowest BCUT2D eigenvalue weighted by Gasteiger charge is -2.38. The molecular formula is C15H21BrFN. The molecule has 0 amide bonds. The molecule has 0 bridgehead atoms. The van der Waals surface area contributed by atoms with E-state index in [1.54, 1.807) is 0 Å². The molecule has 1 nitrogen and oxygen atoms in total. The van der Waals surface area contributed by atoms with Crippen molar-refractivity contribution in [2.45, 2.75) is 51.4 Å².